The first kappa shape index (κ1) is 21.5. The number of pyridine rings is 1. The van der Waals surface area contributed by atoms with Crippen LogP contribution in [0.1, 0.15) is 6.42 Å². The Labute approximate surface area is 197 Å². The van der Waals surface area contributed by atoms with E-state index in [0.29, 0.717) is 25.3 Å². The van der Waals surface area contributed by atoms with Crippen molar-refractivity contribution in [3.8, 4) is 16.9 Å². The minimum Gasteiger partial charge on any atom is -0.489 e. The molecule has 7 nitrogen and oxygen atoms in total. The molecule has 1 aromatic heterocycles. The number of para-hydroxylation sites is 1. The first-order valence-electron chi connectivity index (χ1n) is 11.1. The molecule has 0 bridgehead atoms. The summed E-state index contributed by atoms with van der Waals surface area (Å²) in [4.78, 5) is 22.1. The molecule has 1 aliphatic rings. The normalized spacial score (nSPS) is 14.8. The van der Waals surface area contributed by atoms with Gasteiger partial charge in [0, 0.05) is 29.3 Å². The van der Waals surface area contributed by atoms with Gasteiger partial charge in [0.15, 0.2) is 6.10 Å². The number of anilines is 1. The zero-order chi connectivity index (χ0) is 23.2. The lowest BCUT2D eigenvalue weighted by Crippen LogP contribution is -2.33. The maximum absolute atomic E-state index is 12.3. The molecule has 3 aromatic carbocycles. The van der Waals surface area contributed by atoms with E-state index in [-0.39, 0.29) is 12.1 Å². The molecular weight excluding hydrogens is 428 g/mol. The Morgan fingerprint density at radius 3 is 2.76 bits per heavy atom. The van der Waals surface area contributed by atoms with E-state index in [1.807, 2.05) is 72.8 Å². The average molecular weight is 453 g/mol. The SMILES string of the molecule is O=C(NCC1=NOC(COc2ccccc2-c2ccccc2)C1)Nc1ccc2ncccc2c1. The lowest BCUT2D eigenvalue weighted by molar-refractivity contribution is 0.0472. The van der Waals surface area contributed by atoms with Crippen molar-refractivity contribution in [2.45, 2.75) is 12.5 Å². The molecule has 1 unspecified atom stereocenters. The van der Waals surface area contributed by atoms with Crippen molar-refractivity contribution in [3.05, 3.63) is 91.1 Å². The van der Waals surface area contributed by atoms with E-state index in [1.165, 1.54) is 0 Å². The van der Waals surface area contributed by atoms with Crippen LogP contribution in [0.3, 0.4) is 0 Å². The van der Waals surface area contributed by atoms with Gasteiger partial charge in [-0.25, -0.2) is 4.79 Å². The molecule has 5 rings (SSSR count). The predicted octanol–water partition coefficient (Wildman–Crippen LogP) is 5.25. The molecule has 0 saturated heterocycles. The van der Waals surface area contributed by atoms with Gasteiger partial charge < -0.3 is 20.2 Å². The number of ether oxygens (including phenoxy) is 1. The highest BCUT2D eigenvalue weighted by atomic mass is 16.7. The monoisotopic (exact) mass is 452 g/mol. The number of nitrogens with one attached hydrogen (secondary N) is 2. The van der Waals surface area contributed by atoms with Crippen LogP contribution in [-0.2, 0) is 4.84 Å². The van der Waals surface area contributed by atoms with Gasteiger partial charge in [0.05, 0.1) is 17.8 Å². The predicted molar refractivity (Wildman–Crippen MR) is 133 cm³/mol. The van der Waals surface area contributed by atoms with E-state index in [9.17, 15) is 4.79 Å². The van der Waals surface area contributed by atoms with Crippen molar-refractivity contribution in [2.75, 3.05) is 18.5 Å². The van der Waals surface area contributed by atoms with E-state index < -0.39 is 0 Å². The van der Waals surface area contributed by atoms with Gasteiger partial charge in [0.1, 0.15) is 12.4 Å². The molecule has 2 heterocycles. The highest BCUT2D eigenvalue weighted by molar-refractivity contribution is 5.96. The van der Waals surface area contributed by atoms with E-state index in [1.54, 1.807) is 6.20 Å². The van der Waals surface area contributed by atoms with Gasteiger partial charge in [-0.1, -0.05) is 59.8 Å². The summed E-state index contributed by atoms with van der Waals surface area (Å²) in [7, 11) is 0. The molecule has 7 heteroatoms. The second-order valence-corrected chi connectivity index (χ2v) is 7.98. The molecule has 2 N–H and O–H groups in total. The van der Waals surface area contributed by atoms with Crippen LogP contribution in [0.25, 0.3) is 22.0 Å². The van der Waals surface area contributed by atoms with E-state index in [0.717, 1.165) is 33.5 Å². The summed E-state index contributed by atoms with van der Waals surface area (Å²) < 4.78 is 6.06. The van der Waals surface area contributed by atoms with Crippen LogP contribution in [0, 0.1) is 0 Å². The van der Waals surface area contributed by atoms with Crippen LogP contribution >= 0.6 is 0 Å². The average Bonchev–Trinajstić information content (AvgIpc) is 3.35. The zero-order valence-electron chi connectivity index (χ0n) is 18.5. The number of oxime groups is 1. The summed E-state index contributed by atoms with van der Waals surface area (Å²) in [5.74, 6) is 0.800. The van der Waals surface area contributed by atoms with Crippen LogP contribution in [-0.4, -0.2) is 36.0 Å². The first-order chi connectivity index (χ1) is 16.7. The second-order valence-electron chi connectivity index (χ2n) is 7.98. The van der Waals surface area contributed by atoms with Crippen molar-refractivity contribution >= 4 is 28.3 Å². The number of fused-ring (bicyclic) bond motifs is 1. The molecule has 4 aromatic rings. The number of aromatic nitrogens is 1. The standard InChI is InChI=1S/C27H24N4O3/c32-27(30-21-12-13-25-20(15-21)9-6-14-28-25)29-17-22-16-23(34-31-22)18-33-26-11-5-4-10-24(26)19-7-2-1-3-8-19/h1-15,23H,16-18H2,(H2,29,30,32). The number of urea groups is 1. The smallest absolute Gasteiger partial charge is 0.319 e. The molecule has 2 amide bonds. The van der Waals surface area contributed by atoms with Gasteiger partial charge in [-0.15, -0.1) is 0 Å². The summed E-state index contributed by atoms with van der Waals surface area (Å²) in [6, 6.07) is 27.2. The summed E-state index contributed by atoms with van der Waals surface area (Å²) in [5, 5.41) is 10.7. The number of hydrogen-bond acceptors (Lipinski definition) is 5. The Bertz CT molecular complexity index is 1320. The van der Waals surface area contributed by atoms with Crippen LogP contribution in [0.2, 0.25) is 0 Å². The summed E-state index contributed by atoms with van der Waals surface area (Å²) in [6.07, 6.45) is 2.14. The molecule has 1 atom stereocenters. The van der Waals surface area contributed by atoms with Crippen molar-refractivity contribution < 1.29 is 14.4 Å². The Kier molecular flexibility index (Phi) is 6.34. The fourth-order valence-corrected chi connectivity index (χ4v) is 3.82. The Morgan fingerprint density at radius 2 is 1.85 bits per heavy atom. The van der Waals surface area contributed by atoms with Gasteiger partial charge >= 0.3 is 6.03 Å². The van der Waals surface area contributed by atoms with E-state index >= 15 is 0 Å². The molecular formula is C27H24N4O3. The van der Waals surface area contributed by atoms with Gasteiger partial charge in [-0.2, -0.15) is 0 Å². The summed E-state index contributed by atoms with van der Waals surface area (Å²) in [6.45, 7) is 0.673. The third kappa shape index (κ3) is 5.15. The Balaban J connectivity index is 1.10. The fraction of sp³-hybridized carbons (Fsp3) is 0.148. The zero-order valence-corrected chi connectivity index (χ0v) is 18.5. The third-order valence-electron chi connectivity index (χ3n) is 5.50. The lowest BCUT2D eigenvalue weighted by atomic mass is 10.0. The van der Waals surface area contributed by atoms with Crippen molar-refractivity contribution in [1.82, 2.24) is 10.3 Å². The number of carbonyl (C=O) groups is 1. The molecule has 1 aliphatic heterocycles. The topological polar surface area (TPSA) is 84.8 Å². The van der Waals surface area contributed by atoms with Crippen molar-refractivity contribution in [2.24, 2.45) is 5.16 Å². The molecule has 0 spiro atoms. The molecule has 0 radical (unpaired) electrons. The number of hydrogen-bond donors (Lipinski definition) is 2. The van der Waals surface area contributed by atoms with Crippen LogP contribution in [0.15, 0.2) is 96.3 Å². The summed E-state index contributed by atoms with van der Waals surface area (Å²) in [5.41, 5.74) is 4.48. The first-order valence-corrected chi connectivity index (χ1v) is 11.1. The highest BCUT2D eigenvalue weighted by Gasteiger charge is 2.22. The number of rotatable bonds is 7. The van der Waals surface area contributed by atoms with Gasteiger partial charge in [0.2, 0.25) is 0 Å². The molecule has 34 heavy (non-hydrogen) atoms. The molecule has 0 fully saturated rings. The van der Waals surface area contributed by atoms with Crippen molar-refractivity contribution in [3.63, 3.8) is 0 Å². The van der Waals surface area contributed by atoms with E-state index in [4.69, 9.17) is 9.57 Å². The maximum atomic E-state index is 12.3. The summed E-state index contributed by atoms with van der Waals surface area (Å²) >= 11 is 0. The second kappa shape index (κ2) is 10.0. The van der Waals surface area contributed by atoms with E-state index in [2.05, 4.69) is 32.9 Å². The van der Waals surface area contributed by atoms with Gasteiger partial charge in [-0.05, 0) is 35.9 Å². The third-order valence-corrected chi connectivity index (χ3v) is 5.50. The Hall–Kier alpha value is -4.39. The largest absolute Gasteiger partial charge is 0.489 e. The number of benzene rings is 3. The fourth-order valence-electron chi connectivity index (χ4n) is 3.82. The minimum atomic E-state index is -0.303. The van der Waals surface area contributed by atoms with Crippen LogP contribution in [0.5, 0.6) is 5.75 Å². The number of nitrogens with zero attached hydrogens (tertiary/aromatic N) is 2. The number of carbonyl (C=O) groups excluding carboxylic acids is 1. The van der Waals surface area contributed by atoms with Crippen LogP contribution in [0.4, 0.5) is 10.5 Å². The van der Waals surface area contributed by atoms with Gasteiger partial charge in [-0.3, -0.25) is 4.98 Å². The number of amides is 2. The van der Waals surface area contributed by atoms with Gasteiger partial charge in [0.25, 0.3) is 0 Å². The minimum absolute atomic E-state index is 0.198. The molecule has 0 saturated carbocycles. The molecule has 0 aliphatic carbocycles. The maximum Gasteiger partial charge on any atom is 0.319 e. The van der Waals surface area contributed by atoms with Crippen LogP contribution < -0.4 is 15.4 Å². The highest BCUT2D eigenvalue weighted by Crippen LogP contribution is 2.30. The Morgan fingerprint density at radius 1 is 1.00 bits per heavy atom. The lowest BCUT2D eigenvalue weighted by Gasteiger charge is -2.14. The molecule has 170 valence electrons. The van der Waals surface area contributed by atoms with Crippen molar-refractivity contribution in [1.29, 1.82) is 0 Å². The quantitative estimate of drug-likeness (QED) is 0.401.